The number of piperazine rings is 1. The first-order chi connectivity index (χ1) is 11.7. The van der Waals surface area contributed by atoms with E-state index in [1.165, 1.54) is 0 Å². The van der Waals surface area contributed by atoms with Crippen molar-refractivity contribution in [3.8, 4) is 0 Å². The Balaban J connectivity index is 1.73. The van der Waals surface area contributed by atoms with Crippen molar-refractivity contribution in [1.29, 1.82) is 0 Å². The summed E-state index contributed by atoms with van der Waals surface area (Å²) in [6.45, 7) is 8.99. The van der Waals surface area contributed by atoms with Crippen molar-refractivity contribution < 1.29 is 14.3 Å². The van der Waals surface area contributed by atoms with Gasteiger partial charge in [-0.05, 0) is 0 Å². The van der Waals surface area contributed by atoms with Crippen LogP contribution < -0.4 is 9.25 Å². The summed E-state index contributed by atoms with van der Waals surface area (Å²) in [5.41, 5.74) is 2.53. The van der Waals surface area contributed by atoms with Crippen LogP contribution >= 0.6 is 0 Å². The summed E-state index contributed by atoms with van der Waals surface area (Å²) in [5, 5.41) is 0. The Bertz CT molecular complexity index is 706. The van der Waals surface area contributed by atoms with Crippen LogP contribution in [-0.4, -0.2) is 77.5 Å². The van der Waals surface area contributed by atoms with E-state index in [9.17, 15) is 9.59 Å². The van der Waals surface area contributed by atoms with Crippen molar-refractivity contribution in [2.24, 2.45) is 0 Å². The van der Waals surface area contributed by atoms with Crippen molar-refractivity contribution in [3.05, 3.63) is 23.3 Å². The van der Waals surface area contributed by atoms with E-state index in [0.717, 1.165) is 34.3 Å². The van der Waals surface area contributed by atoms with Gasteiger partial charge in [-0.15, -0.1) is 0 Å². The number of nitrogens with zero attached hydrogens (tertiary/aromatic N) is 3. The van der Waals surface area contributed by atoms with E-state index in [2.05, 4.69) is 27.8 Å². The molecule has 2 heterocycles. The Labute approximate surface area is 157 Å². The molecule has 0 aliphatic carbocycles. The molecule has 0 spiro atoms. The van der Waals surface area contributed by atoms with E-state index < -0.39 is 5.60 Å². The maximum absolute atomic E-state index is 12.4. The van der Waals surface area contributed by atoms with Crippen LogP contribution in [0.25, 0.3) is 0 Å². The van der Waals surface area contributed by atoms with E-state index in [1.807, 2.05) is 33.9 Å². The Morgan fingerprint density at radius 2 is 1.80 bits per heavy atom. The maximum atomic E-state index is 12.4. The molecule has 2 aliphatic rings. The molecule has 0 saturated carbocycles. The van der Waals surface area contributed by atoms with Gasteiger partial charge in [0.2, 0.25) is 0 Å². The van der Waals surface area contributed by atoms with Crippen LogP contribution in [0.15, 0.2) is 12.1 Å². The Kier molecular flexibility index (Phi) is 4.76. The summed E-state index contributed by atoms with van der Waals surface area (Å²) in [5.74, 6) is 0.0832. The van der Waals surface area contributed by atoms with Gasteiger partial charge in [0, 0.05) is 0 Å². The number of rotatable bonds is 1. The standard InChI is InChI=1S/C18H24AsN3O3/c1-18(2,3)25-17(24)22-9-7-21(8-10-22)14-6-5-13(19)15-12(14)11-20(4)16(15)23/h5-6H,7-11H2,1-4H3. The molecule has 1 aromatic rings. The number of ether oxygens (including phenoxy) is 1. The fraction of sp³-hybridized carbons (Fsp3) is 0.556. The predicted octanol–water partition coefficient (Wildman–Crippen LogP) is 1.12. The SMILES string of the molecule is CN1Cc2c(N3CCN(C(=O)OC(C)(C)C)CC3)ccc([As])c2C1=O. The van der Waals surface area contributed by atoms with Crippen molar-refractivity contribution in [2.45, 2.75) is 32.9 Å². The zero-order valence-electron chi connectivity index (χ0n) is 15.2. The molecule has 2 amide bonds. The number of amides is 2. The number of benzene rings is 1. The molecule has 0 unspecified atom stereocenters. The van der Waals surface area contributed by atoms with Gasteiger partial charge in [0.25, 0.3) is 0 Å². The van der Waals surface area contributed by atoms with Gasteiger partial charge in [-0.2, -0.15) is 0 Å². The fourth-order valence-electron chi connectivity index (χ4n) is 3.28. The van der Waals surface area contributed by atoms with Crippen LogP contribution in [-0.2, 0) is 11.3 Å². The van der Waals surface area contributed by atoms with Gasteiger partial charge >= 0.3 is 157 Å². The van der Waals surface area contributed by atoms with Crippen LogP contribution in [0.5, 0.6) is 0 Å². The number of hydrogen-bond acceptors (Lipinski definition) is 4. The molecule has 7 heteroatoms. The second kappa shape index (κ2) is 6.56. The third-order valence-electron chi connectivity index (χ3n) is 4.49. The average Bonchev–Trinajstić information content (AvgIpc) is 2.82. The van der Waals surface area contributed by atoms with Crippen LogP contribution in [0.4, 0.5) is 10.5 Å². The number of hydrogen-bond donors (Lipinski definition) is 0. The molecule has 0 N–H and O–H groups in total. The first-order valence-electron chi connectivity index (χ1n) is 8.50. The minimum absolute atomic E-state index is 0.0832. The molecule has 6 nitrogen and oxygen atoms in total. The van der Waals surface area contributed by atoms with Crippen LogP contribution in [0.1, 0.15) is 36.7 Å². The third kappa shape index (κ3) is 3.64. The van der Waals surface area contributed by atoms with Gasteiger partial charge in [0.15, 0.2) is 0 Å². The molecule has 25 heavy (non-hydrogen) atoms. The normalized spacial score (nSPS) is 17.8. The molecular formula is C18H24AsN3O3. The van der Waals surface area contributed by atoms with Crippen molar-refractivity contribution in [2.75, 3.05) is 38.1 Å². The molecule has 3 rings (SSSR count). The molecule has 2 radical (unpaired) electrons. The topological polar surface area (TPSA) is 53.1 Å². The predicted molar refractivity (Wildman–Crippen MR) is 97.6 cm³/mol. The van der Waals surface area contributed by atoms with Crippen molar-refractivity contribution >= 4 is 38.9 Å². The number of carbonyl (C=O) groups excluding carboxylic acids is 2. The summed E-state index contributed by atoms with van der Waals surface area (Å²) >= 11 is 2.49. The number of anilines is 1. The zero-order valence-corrected chi connectivity index (χ0v) is 17.1. The molecule has 2 aliphatic heterocycles. The summed E-state index contributed by atoms with van der Waals surface area (Å²) in [6.07, 6.45) is -0.256. The van der Waals surface area contributed by atoms with Crippen molar-refractivity contribution in [3.63, 3.8) is 0 Å². The van der Waals surface area contributed by atoms with Gasteiger partial charge in [0.05, 0.1) is 0 Å². The summed E-state index contributed by atoms with van der Waals surface area (Å²) in [4.78, 5) is 30.3. The summed E-state index contributed by atoms with van der Waals surface area (Å²) in [6, 6.07) is 4.08. The number of carbonyl (C=O) groups is 2. The van der Waals surface area contributed by atoms with E-state index >= 15 is 0 Å². The molecule has 0 bridgehead atoms. The molecule has 1 saturated heterocycles. The van der Waals surface area contributed by atoms with Gasteiger partial charge in [-0.25, -0.2) is 0 Å². The molecule has 134 valence electrons. The van der Waals surface area contributed by atoms with Gasteiger partial charge in [0.1, 0.15) is 0 Å². The van der Waals surface area contributed by atoms with Gasteiger partial charge in [-0.3, -0.25) is 0 Å². The van der Waals surface area contributed by atoms with Crippen LogP contribution in [0, 0.1) is 0 Å². The van der Waals surface area contributed by atoms with Crippen LogP contribution in [0.3, 0.4) is 0 Å². The molecule has 0 aromatic heterocycles. The second-order valence-corrected chi connectivity index (χ2v) is 8.58. The number of fused-ring (bicyclic) bond motifs is 1. The van der Waals surface area contributed by atoms with Crippen LogP contribution in [0.2, 0.25) is 0 Å². The first-order valence-corrected chi connectivity index (χ1v) is 9.44. The Morgan fingerprint density at radius 1 is 1.16 bits per heavy atom. The Morgan fingerprint density at radius 3 is 2.40 bits per heavy atom. The van der Waals surface area contributed by atoms with Gasteiger partial charge in [-0.1, -0.05) is 0 Å². The fourth-order valence-corrected chi connectivity index (χ4v) is 3.92. The van der Waals surface area contributed by atoms with Crippen molar-refractivity contribution in [1.82, 2.24) is 9.80 Å². The van der Waals surface area contributed by atoms with E-state index in [0.29, 0.717) is 19.6 Å². The summed E-state index contributed by atoms with van der Waals surface area (Å²) < 4.78 is 6.42. The molecule has 1 aromatic carbocycles. The monoisotopic (exact) mass is 405 g/mol. The van der Waals surface area contributed by atoms with E-state index in [4.69, 9.17) is 4.74 Å². The van der Waals surface area contributed by atoms with E-state index in [1.54, 1.807) is 9.80 Å². The second-order valence-electron chi connectivity index (χ2n) is 7.57. The first kappa shape index (κ1) is 18.1. The molecular weight excluding hydrogens is 381 g/mol. The molecule has 0 atom stereocenters. The van der Waals surface area contributed by atoms with E-state index in [-0.39, 0.29) is 12.0 Å². The Hall–Kier alpha value is -1.68. The quantitative estimate of drug-likeness (QED) is 0.658. The summed E-state index contributed by atoms with van der Waals surface area (Å²) in [7, 11) is 1.83. The third-order valence-corrected chi connectivity index (χ3v) is 5.28. The zero-order chi connectivity index (χ0) is 18.4. The molecule has 1 fully saturated rings. The minimum atomic E-state index is -0.477. The average molecular weight is 405 g/mol. The van der Waals surface area contributed by atoms with Gasteiger partial charge < -0.3 is 0 Å².